The normalized spacial score (nSPS) is 26.9. The van der Waals surface area contributed by atoms with Crippen LogP contribution in [0.2, 0.25) is 0 Å². The summed E-state index contributed by atoms with van der Waals surface area (Å²) in [4.78, 5) is 25.3. The van der Waals surface area contributed by atoms with E-state index in [1.165, 1.54) is 45.3 Å². The second-order valence-electron chi connectivity index (χ2n) is 6.47. The third-order valence-electron chi connectivity index (χ3n) is 5.19. The third-order valence-corrected chi connectivity index (χ3v) is 5.19. The first kappa shape index (κ1) is 15.2. The standard InChI is InChI=1S/C16H24N2O4/c1-21-16(20)18-8-7-12(14-10-15(19)17-22-14)9-13(18)11-5-3-2-4-6-11/h10-13H,2-9H2,1H3,(H,17,19)/t12-,13-/m0/s1. The number of ether oxygens (including phenoxy) is 1. The first-order valence-electron chi connectivity index (χ1n) is 8.22. The Morgan fingerprint density at radius 2 is 2.09 bits per heavy atom. The zero-order chi connectivity index (χ0) is 15.5. The number of aromatic amines is 1. The number of H-pyrrole nitrogens is 1. The molecule has 1 saturated heterocycles. The highest BCUT2D eigenvalue weighted by Crippen LogP contribution is 2.39. The molecule has 1 N–H and O–H groups in total. The van der Waals surface area contributed by atoms with Crippen molar-refractivity contribution in [3.8, 4) is 0 Å². The summed E-state index contributed by atoms with van der Waals surface area (Å²) in [7, 11) is 1.44. The molecule has 2 fully saturated rings. The highest BCUT2D eigenvalue weighted by atomic mass is 16.5. The predicted molar refractivity (Wildman–Crippen MR) is 80.8 cm³/mol. The summed E-state index contributed by atoms with van der Waals surface area (Å²) in [6.07, 6.45) is 7.52. The minimum absolute atomic E-state index is 0.187. The van der Waals surface area contributed by atoms with Gasteiger partial charge in [0.1, 0.15) is 5.76 Å². The SMILES string of the molecule is COC(=O)N1CC[C@H](c2cc(=O)[nH]o2)C[C@H]1C1CCCCC1. The first-order valence-corrected chi connectivity index (χ1v) is 8.22. The number of carbonyl (C=O) groups is 1. The molecule has 1 aliphatic heterocycles. The van der Waals surface area contributed by atoms with Crippen molar-refractivity contribution < 1.29 is 14.1 Å². The molecule has 1 saturated carbocycles. The maximum atomic E-state index is 12.1. The number of hydrogen-bond donors (Lipinski definition) is 1. The van der Waals surface area contributed by atoms with E-state index in [1.807, 2.05) is 4.90 Å². The smallest absolute Gasteiger partial charge is 0.409 e. The molecule has 1 aromatic rings. The fourth-order valence-corrected chi connectivity index (χ4v) is 4.06. The van der Waals surface area contributed by atoms with Crippen LogP contribution in [-0.4, -0.2) is 35.8 Å². The molecule has 2 atom stereocenters. The number of nitrogens with one attached hydrogen (secondary N) is 1. The van der Waals surface area contributed by atoms with Crippen molar-refractivity contribution in [1.82, 2.24) is 10.1 Å². The molecule has 1 aromatic heterocycles. The van der Waals surface area contributed by atoms with Crippen LogP contribution in [0, 0.1) is 5.92 Å². The zero-order valence-corrected chi connectivity index (χ0v) is 13.0. The molecule has 1 amide bonds. The Morgan fingerprint density at radius 1 is 1.32 bits per heavy atom. The lowest BCUT2D eigenvalue weighted by Gasteiger charge is -2.43. The number of piperidine rings is 1. The van der Waals surface area contributed by atoms with E-state index >= 15 is 0 Å². The summed E-state index contributed by atoms with van der Waals surface area (Å²) in [5, 5.41) is 2.37. The lowest BCUT2D eigenvalue weighted by molar-refractivity contribution is 0.0512. The van der Waals surface area contributed by atoms with Gasteiger partial charge >= 0.3 is 6.09 Å². The number of amides is 1. The molecule has 0 spiro atoms. The van der Waals surface area contributed by atoms with Crippen molar-refractivity contribution in [2.24, 2.45) is 5.92 Å². The third kappa shape index (κ3) is 3.05. The summed E-state index contributed by atoms with van der Waals surface area (Å²) >= 11 is 0. The quantitative estimate of drug-likeness (QED) is 0.911. The van der Waals surface area contributed by atoms with Crippen LogP contribution in [0.25, 0.3) is 0 Å². The molecule has 3 rings (SSSR count). The minimum atomic E-state index is -0.232. The van der Waals surface area contributed by atoms with Crippen LogP contribution < -0.4 is 5.56 Å². The Kier molecular flexibility index (Phi) is 4.55. The summed E-state index contributed by atoms with van der Waals surface area (Å²) in [6.45, 7) is 0.660. The van der Waals surface area contributed by atoms with Gasteiger partial charge in [-0.2, -0.15) is 5.16 Å². The summed E-state index contributed by atoms with van der Waals surface area (Å²) in [5.41, 5.74) is -0.195. The van der Waals surface area contributed by atoms with Crippen LogP contribution in [-0.2, 0) is 4.74 Å². The number of likely N-dealkylation sites (tertiary alicyclic amines) is 1. The van der Waals surface area contributed by atoms with Crippen molar-refractivity contribution in [1.29, 1.82) is 0 Å². The Morgan fingerprint density at radius 3 is 2.73 bits per heavy atom. The molecule has 6 heteroatoms. The van der Waals surface area contributed by atoms with Crippen LogP contribution in [0.15, 0.2) is 15.4 Å². The van der Waals surface area contributed by atoms with E-state index in [9.17, 15) is 9.59 Å². The van der Waals surface area contributed by atoms with Gasteiger partial charge < -0.3 is 14.2 Å². The van der Waals surface area contributed by atoms with Crippen molar-refractivity contribution in [2.45, 2.75) is 56.9 Å². The minimum Gasteiger partial charge on any atom is -0.453 e. The van der Waals surface area contributed by atoms with Crippen molar-refractivity contribution >= 4 is 6.09 Å². The van der Waals surface area contributed by atoms with Gasteiger partial charge in [-0.05, 0) is 31.6 Å². The number of carbonyl (C=O) groups excluding carboxylic acids is 1. The molecule has 2 aliphatic rings. The molecule has 0 aromatic carbocycles. The number of aromatic nitrogens is 1. The molecule has 0 radical (unpaired) electrons. The van der Waals surface area contributed by atoms with E-state index in [4.69, 9.17) is 9.26 Å². The molecule has 122 valence electrons. The van der Waals surface area contributed by atoms with Gasteiger partial charge in [-0.25, -0.2) is 4.79 Å². The van der Waals surface area contributed by atoms with Crippen molar-refractivity contribution in [3.63, 3.8) is 0 Å². The Labute approximate surface area is 129 Å². The molecule has 22 heavy (non-hydrogen) atoms. The van der Waals surface area contributed by atoms with E-state index in [-0.39, 0.29) is 23.6 Å². The topological polar surface area (TPSA) is 75.5 Å². The second kappa shape index (κ2) is 6.58. The van der Waals surface area contributed by atoms with Crippen LogP contribution in [0.4, 0.5) is 4.79 Å². The number of hydrogen-bond acceptors (Lipinski definition) is 4. The lowest BCUT2D eigenvalue weighted by atomic mass is 9.76. The molecule has 6 nitrogen and oxygen atoms in total. The van der Waals surface area contributed by atoms with Crippen molar-refractivity contribution in [2.75, 3.05) is 13.7 Å². The molecular weight excluding hydrogens is 284 g/mol. The second-order valence-corrected chi connectivity index (χ2v) is 6.47. The van der Waals surface area contributed by atoms with Crippen LogP contribution in [0.3, 0.4) is 0 Å². The van der Waals surface area contributed by atoms with Gasteiger partial charge in [-0.3, -0.25) is 4.79 Å². The first-order chi connectivity index (χ1) is 10.7. The van der Waals surface area contributed by atoms with E-state index in [1.54, 1.807) is 0 Å². The maximum absolute atomic E-state index is 12.1. The fraction of sp³-hybridized carbons (Fsp3) is 0.750. The largest absolute Gasteiger partial charge is 0.453 e. The maximum Gasteiger partial charge on any atom is 0.409 e. The molecule has 1 aliphatic carbocycles. The lowest BCUT2D eigenvalue weighted by Crippen LogP contribution is -2.49. The van der Waals surface area contributed by atoms with Gasteiger partial charge in [0, 0.05) is 24.6 Å². The Bertz CT molecular complexity index is 558. The summed E-state index contributed by atoms with van der Waals surface area (Å²) < 4.78 is 10.3. The Hall–Kier alpha value is -1.72. The summed E-state index contributed by atoms with van der Waals surface area (Å²) in [6, 6.07) is 1.72. The van der Waals surface area contributed by atoms with Gasteiger partial charge in [0.05, 0.1) is 7.11 Å². The average Bonchev–Trinajstić information content (AvgIpc) is 3.01. The van der Waals surface area contributed by atoms with Gasteiger partial charge in [0.2, 0.25) is 0 Å². The van der Waals surface area contributed by atoms with Gasteiger partial charge in [0.25, 0.3) is 5.56 Å². The Balaban J connectivity index is 1.78. The monoisotopic (exact) mass is 308 g/mol. The van der Waals surface area contributed by atoms with Gasteiger partial charge in [0.15, 0.2) is 0 Å². The van der Waals surface area contributed by atoms with E-state index in [2.05, 4.69) is 5.16 Å². The van der Waals surface area contributed by atoms with Gasteiger partial charge in [-0.15, -0.1) is 0 Å². The predicted octanol–water partition coefficient (Wildman–Crippen LogP) is 2.86. The van der Waals surface area contributed by atoms with Crippen molar-refractivity contribution in [3.05, 3.63) is 22.2 Å². The molecule has 0 bridgehead atoms. The highest BCUT2D eigenvalue weighted by Gasteiger charge is 2.38. The van der Waals surface area contributed by atoms with Crippen LogP contribution >= 0.6 is 0 Å². The highest BCUT2D eigenvalue weighted by molar-refractivity contribution is 5.68. The average molecular weight is 308 g/mol. The van der Waals surface area contributed by atoms with E-state index in [0.29, 0.717) is 12.5 Å². The number of methoxy groups -OCH3 is 1. The van der Waals surface area contributed by atoms with E-state index < -0.39 is 0 Å². The molecule has 2 heterocycles. The van der Waals surface area contributed by atoms with Crippen LogP contribution in [0.5, 0.6) is 0 Å². The zero-order valence-electron chi connectivity index (χ0n) is 13.0. The van der Waals surface area contributed by atoms with E-state index in [0.717, 1.165) is 18.6 Å². The fourth-order valence-electron chi connectivity index (χ4n) is 4.06. The molecular formula is C16H24N2O4. The number of nitrogens with zero attached hydrogens (tertiary/aromatic N) is 1. The van der Waals surface area contributed by atoms with Crippen LogP contribution in [0.1, 0.15) is 56.6 Å². The molecule has 0 unspecified atom stereocenters. The number of rotatable bonds is 2. The van der Waals surface area contributed by atoms with Gasteiger partial charge in [-0.1, -0.05) is 19.3 Å². The summed E-state index contributed by atoms with van der Waals surface area (Å²) in [5.74, 6) is 1.45.